The quantitative estimate of drug-likeness (QED) is 0.863. The summed E-state index contributed by atoms with van der Waals surface area (Å²) in [7, 11) is 0. The smallest absolute Gasteiger partial charge is 0.194 e. The van der Waals surface area contributed by atoms with E-state index in [2.05, 4.69) is 10.2 Å². The number of likely N-dealkylation sites (tertiary alicyclic amines) is 1. The van der Waals surface area contributed by atoms with Crippen LogP contribution in [0.25, 0.3) is 0 Å². The molecule has 2 saturated heterocycles. The van der Waals surface area contributed by atoms with E-state index in [4.69, 9.17) is 0 Å². The maximum absolute atomic E-state index is 13.2. The number of halogens is 3. The van der Waals surface area contributed by atoms with Gasteiger partial charge in [-0.3, -0.25) is 4.90 Å². The summed E-state index contributed by atoms with van der Waals surface area (Å²) in [6.45, 7) is 3.48. The van der Waals surface area contributed by atoms with Crippen molar-refractivity contribution in [3.63, 3.8) is 0 Å². The molecule has 0 aromatic heterocycles. The first-order valence-corrected chi connectivity index (χ1v) is 7.72. The summed E-state index contributed by atoms with van der Waals surface area (Å²) < 4.78 is 39.4. The molecule has 2 heterocycles. The number of piperidine rings is 1. The van der Waals surface area contributed by atoms with Crippen LogP contribution in [-0.4, -0.2) is 30.6 Å². The molecule has 0 amide bonds. The van der Waals surface area contributed by atoms with Gasteiger partial charge < -0.3 is 5.32 Å². The van der Waals surface area contributed by atoms with Crippen LogP contribution in [0.4, 0.5) is 13.2 Å². The van der Waals surface area contributed by atoms with Gasteiger partial charge in [-0.2, -0.15) is 0 Å². The van der Waals surface area contributed by atoms with Crippen LogP contribution in [0, 0.1) is 23.4 Å². The first-order valence-electron chi connectivity index (χ1n) is 7.72. The minimum absolute atomic E-state index is 0.485. The molecule has 1 aromatic carbocycles. The molecule has 5 heteroatoms. The van der Waals surface area contributed by atoms with Crippen LogP contribution in [0.15, 0.2) is 12.1 Å². The lowest BCUT2D eigenvalue weighted by molar-refractivity contribution is 0.157. The van der Waals surface area contributed by atoms with Crippen molar-refractivity contribution >= 4 is 0 Å². The van der Waals surface area contributed by atoms with Gasteiger partial charge in [-0.25, -0.2) is 13.2 Å². The molecule has 0 radical (unpaired) electrons. The van der Waals surface area contributed by atoms with Crippen LogP contribution in [0.3, 0.4) is 0 Å². The Kier molecular flexibility index (Phi) is 4.50. The first kappa shape index (κ1) is 14.9. The molecular formula is C16H21F3N2. The van der Waals surface area contributed by atoms with Crippen LogP contribution in [0.1, 0.15) is 31.2 Å². The van der Waals surface area contributed by atoms with Crippen molar-refractivity contribution in [3.8, 4) is 0 Å². The van der Waals surface area contributed by atoms with E-state index < -0.39 is 17.5 Å². The minimum atomic E-state index is -1.38. The fourth-order valence-corrected chi connectivity index (χ4v) is 3.58. The standard InChI is InChI=1S/C16H21F3N2/c17-13-8-11(9-14(18)16(13)19)10-21-6-3-12(4-7-21)15-2-1-5-20-15/h8-9,12,15,20H,1-7,10H2. The molecule has 2 fully saturated rings. The Bertz CT molecular complexity index is 469. The van der Waals surface area contributed by atoms with Gasteiger partial charge in [0.05, 0.1) is 0 Å². The first-order chi connectivity index (χ1) is 10.1. The molecule has 1 atom stereocenters. The van der Waals surface area contributed by atoms with Crippen LogP contribution < -0.4 is 5.32 Å². The van der Waals surface area contributed by atoms with E-state index in [0.717, 1.165) is 44.6 Å². The number of benzene rings is 1. The molecular weight excluding hydrogens is 277 g/mol. The molecule has 2 aliphatic heterocycles. The van der Waals surface area contributed by atoms with E-state index in [1.165, 1.54) is 12.8 Å². The highest BCUT2D eigenvalue weighted by molar-refractivity contribution is 5.19. The van der Waals surface area contributed by atoms with Gasteiger partial charge in [0.25, 0.3) is 0 Å². The lowest BCUT2D eigenvalue weighted by atomic mass is 9.88. The van der Waals surface area contributed by atoms with Crippen molar-refractivity contribution in [1.29, 1.82) is 0 Å². The Hall–Kier alpha value is -1.07. The molecule has 116 valence electrons. The van der Waals surface area contributed by atoms with Crippen molar-refractivity contribution in [1.82, 2.24) is 10.2 Å². The molecule has 0 bridgehead atoms. The number of hydrogen-bond donors (Lipinski definition) is 1. The summed E-state index contributed by atoms with van der Waals surface area (Å²) in [6.07, 6.45) is 4.76. The average molecular weight is 298 g/mol. The summed E-state index contributed by atoms with van der Waals surface area (Å²) in [6, 6.07) is 2.85. The van der Waals surface area contributed by atoms with Crippen LogP contribution in [-0.2, 0) is 6.54 Å². The Morgan fingerprint density at radius 1 is 1.05 bits per heavy atom. The molecule has 0 saturated carbocycles. The summed E-state index contributed by atoms with van der Waals surface area (Å²) >= 11 is 0. The van der Waals surface area contributed by atoms with Crippen molar-refractivity contribution < 1.29 is 13.2 Å². The van der Waals surface area contributed by atoms with Crippen LogP contribution >= 0.6 is 0 Å². The lowest BCUT2D eigenvalue weighted by Crippen LogP contribution is -2.40. The molecule has 0 spiro atoms. The van der Waals surface area contributed by atoms with Gasteiger partial charge in [0, 0.05) is 12.6 Å². The highest BCUT2D eigenvalue weighted by Crippen LogP contribution is 2.26. The van der Waals surface area contributed by atoms with Gasteiger partial charge >= 0.3 is 0 Å². The van der Waals surface area contributed by atoms with E-state index in [1.807, 2.05) is 0 Å². The Balaban J connectivity index is 1.55. The monoisotopic (exact) mass is 298 g/mol. The van der Waals surface area contributed by atoms with Gasteiger partial charge in [0.15, 0.2) is 17.5 Å². The number of nitrogens with zero attached hydrogens (tertiary/aromatic N) is 1. The molecule has 2 nitrogen and oxygen atoms in total. The van der Waals surface area contributed by atoms with Gasteiger partial charge in [-0.15, -0.1) is 0 Å². The Morgan fingerprint density at radius 2 is 1.71 bits per heavy atom. The maximum atomic E-state index is 13.2. The maximum Gasteiger partial charge on any atom is 0.194 e. The SMILES string of the molecule is Fc1cc(CN2CCC(C3CCCN3)CC2)cc(F)c1F. The second kappa shape index (κ2) is 6.36. The lowest BCUT2D eigenvalue weighted by Gasteiger charge is -2.34. The number of hydrogen-bond acceptors (Lipinski definition) is 2. The molecule has 0 aliphatic carbocycles. The summed E-state index contributed by atoms with van der Waals surface area (Å²) in [5, 5.41) is 3.55. The second-order valence-corrected chi connectivity index (χ2v) is 6.19. The summed E-state index contributed by atoms with van der Waals surface area (Å²) in [4.78, 5) is 2.19. The zero-order valence-corrected chi connectivity index (χ0v) is 12.0. The van der Waals surface area contributed by atoms with E-state index in [1.54, 1.807) is 0 Å². The zero-order chi connectivity index (χ0) is 14.8. The third kappa shape index (κ3) is 3.40. The third-order valence-corrected chi connectivity index (χ3v) is 4.75. The molecule has 2 aliphatic rings. The topological polar surface area (TPSA) is 15.3 Å². The van der Waals surface area contributed by atoms with Crippen molar-refractivity contribution in [3.05, 3.63) is 35.1 Å². The van der Waals surface area contributed by atoms with E-state index in [0.29, 0.717) is 24.1 Å². The molecule has 1 aromatic rings. The number of nitrogens with one attached hydrogen (secondary N) is 1. The zero-order valence-electron chi connectivity index (χ0n) is 12.0. The number of rotatable bonds is 3. The Morgan fingerprint density at radius 3 is 2.29 bits per heavy atom. The van der Waals surface area contributed by atoms with E-state index in [9.17, 15) is 13.2 Å². The molecule has 1 unspecified atom stereocenters. The van der Waals surface area contributed by atoms with Gasteiger partial charge in [0.2, 0.25) is 0 Å². The molecule has 21 heavy (non-hydrogen) atoms. The van der Waals surface area contributed by atoms with Gasteiger partial charge in [-0.05, 0) is 68.9 Å². The largest absolute Gasteiger partial charge is 0.314 e. The summed E-state index contributed by atoms with van der Waals surface area (Å²) in [5.41, 5.74) is 0.504. The predicted octanol–water partition coefficient (Wildman–Crippen LogP) is 3.07. The van der Waals surface area contributed by atoms with Crippen molar-refractivity contribution in [2.24, 2.45) is 5.92 Å². The molecule has 1 N–H and O–H groups in total. The fraction of sp³-hybridized carbons (Fsp3) is 0.625. The normalized spacial score (nSPS) is 24.6. The highest BCUT2D eigenvalue weighted by Gasteiger charge is 2.28. The predicted molar refractivity (Wildman–Crippen MR) is 75.3 cm³/mol. The van der Waals surface area contributed by atoms with E-state index >= 15 is 0 Å². The van der Waals surface area contributed by atoms with Gasteiger partial charge in [-0.1, -0.05) is 0 Å². The van der Waals surface area contributed by atoms with Crippen molar-refractivity contribution in [2.75, 3.05) is 19.6 Å². The van der Waals surface area contributed by atoms with Crippen LogP contribution in [0.2, 0.25) is 0 Å². The summed E-state index contributed by atoms with van der Waals surface area (Å²) in [5.74, 6) is -2.87. The van der Waals surface area contributed by atoms with Crippen molar-refractivity contribution in [2.45, 2.75) is 38.3 Å². The Labute approximate surface area is 123 Å². The third-order valence-electron chi connectivity index (χ3n) is 4.75. The fourth-order valence-electron chi connectivity index (χ4n) is 3.58. The van der Waals surface area contributed by atoms with Crippen LogP contribution in [0.5, 0.6) is 0 Å². The minimum Gasteiger partial charge on any atom is -0.314 e. The van der Waals surface area contributed by atoms with Gasteiger partial charge in [0.1, 0.15) is 0 Å². The highest BCUT2D eigenvalue weighted by atomic mass is 19.2. The molecule has 3 rings (SSSR count). The average Bonchev–Trinajstić information content (AvgIpc) is 3.00. The van der Waals surface area contributed by atoms with E-state index in [-0.39, 0.29) is 0 Å². The second-order valence-electron chi connectivity index (χ2n) is 6.19.